The number of pyridine rings is 1. The van der Waals surface area contributed by atoms with Gasteiger partial charge in [-0.1, -0.05) is 54.6 Å². The number of carbonyl (C=O) groups is 1. The fourth-order valence-corrected chi connectivity index (χ4v) is 3.83. The van der Waals surface area contributed by atoms with Crippen LogP contribution in [0.5, 0.6) is 0 Å². The lowest BCUT2D eigenvalue weighted by molar-refractivity contribution is 0.0999. The summed E-state index contributed by atoms with van der Waals surface area (Å²) in [5.41, 5.74) is 4.13. The third kappa shape index (κ3) is 3.75. The van der Waals surface area contributed by atoms with E-state index in [-0.39, 0.29) is 17.9 Å². The van der Waals surface area contributed by atoms with E-state index < -0.39 is 0 Å². The van der Waals surface area contributed by atoms with E-state index in [1.165, 1.54) is 6.07 Å². The summed E-state index contributed by atoms with van der Waals surface area (Å²) in [5, 5.41) is 0. The van der Waals surface area contributed by atoms with Gasteiger partial charge in [-0.2, -0.15) is 0 Å². The third-order valence-corrected chi connectivity index (χ3v) is 5.49. The normalized spacial score (nSPS) is 12.6. The number of carbonyl (C=O) groups excluding carboxylic acids is 1. The minimum atomic E-state index is -0.112. The maximum Gasteiger partial charge on any atom is 0.255 e. The first-order chi connectivity index (χ1) is 15.2. The van der Waals surface area contributed by atoms with Crippen molar-refractivity contribution in [2.75, 3.05) is 18.0 Å². The number of nitrogens with zero attached hydrogens (tertiary/aromatic N) is 4. The molecule has 0 aliphatic carbocycles. The Morgan fingerprint density at radius 3 is 2.29 bits per heavy atom. The van der Waals surface area contributed by atoms with Gasteiger partial charge in [0.15, 0.2) is 5.78 Å². The van der Waals surface area contributed by atoms with Gasteiger partial charge in [0.25, 0.3) is 5.56 Å². The molecule has 4 aromatic rings. The van der Waals surface area contributed by atoms with Gasteiger partial charge in [-0.05, 0) is 23.3 Å². The van der Waals surface area contributed by atoms with Crippen LogP contribution in [0.2, 0.25) is 0 Å². The van der Waals surface area contributed by atoms with Crippen LogP contribution >= 0.6 is 0 Å². The van der Waals surface area contributed by atoms with Gasteiger partial charge in [0.2, 0.25) is 5.95 Å². The van der Waals surface area contributed by atoms with Crippen molar-refractivity contribution in [3.05, 3.63) is 101 Å². The molecule has 0 bridgehead atoms. The van der Waals surface area contributed by atoms with Gasteiger partial charge >= 0.3 is 0 Å². The van der Waals surface area contributed by atoms with Gasteiger partial charge < -0.3 is 4.90 Å². The highest BCUT2D eigenvalue weighted by atomic mass is 16.1. The van der Waals surface area contributed by atoms with Crippen LogP contribution in [0.15, 0.2) is 90.0 Å². The smallest absolute Gasteiger partial charge is 0.255 e. The van der Waals surface area contributed by atoms with Crippen molar-refractivity contribution in [2.45, 2.75) is 6.54 Å². The van der Waals surface area contributed by atoms with Crippen molar-refractivity contribution in [3.8, 4) is 22.4 Å². The molecule has 6 heteroatoms. The summed E-state index contributed by atoms with van der Waals surface area (Å²) in [7, 11) is 0. The summed E-state index contributed by atoms with van der Waals surface area (Å²) in [6.07, 6.45) is 3.34. The Morgan fingerprint density at radius 1 is 0.839 bits per heavy atom. The molecular weight excluding hydrogens is 388 g/mol. The number of benzene rings is 2. The molecule has 0 spiro atoms. The second-order valence-electron chi connectivity index (χ2n) is 7.46. The van der Waals surface area contributed by atoms with Gasteiger partial charge in [-0.15, -0.1) is 0 Å². The summed E-state index contributed by atoms with van der Waals surface area (Å²) >= 11 is 0. The lowest BCUT2D eigenvalue weighted by Gasteiger charge is -2.17. The zero-order chi connectivity index (χ0) is 21.2. The summed E-state index contributed by atoms with van der Waals surface area (Å²) < 4.78 is 1.62. The van der Waals surface area contributed by atoms with Crippen LogP contribution in [0.3, 0.4) is 0 Å². The Labute approximate surface area is 179 Å². The molecule has 2 aromatic carbocycles. The van der Waals surface area contributed by atoms with Gasteiger partial charge in [-0.25, -0.2) is 4.98 Å². The van der Waals surface area contributed by atoms with Crippen molar-refractivity contribution in [1.29, 1.82) is 0 Å². The molecule has 152 valence electrons. The number of anilines is 1. The van der Waals surface area contributed by atoms with Gasteiger partial charge in [0.1, 0.15) is 0 Å². The zero-order valence-electron chi connectivity index (χ0n) is 16.8. The van der Waals surface area contributed by atoms with Crippen LogP contribution in [0.1, 0.15) is 10.4 Å². The molecule has 0 amide bonds. The van der Waals surface area contributed by atoms with Crippen molar-refractivity contribution in [3.63, 3.8) is 0 Å². The maximum absolute atomic E-state index is 12.9. The first-order valence-electron chi connectivity index (χ1n) is 10.1. The summed E-state index contributed by atoms with van der Waals surface area (Å²) in [5.74, 6) is 0.533. The Kier molecular flexibility index (Phi) is 4.88. The molecule has 0 atom stereocenters. The first-order valence-corrected chi connectivity index (χ1v) is 10.1. The Morgan fingerprint density at radius 2 is 1.55 bits per heavy atom. The Hall–Kier alpha value is -4.06. The lowest BCUT2D eigenvalue weighted by atomic mass is 10.0. The SMILES string of the molecule is O=C(CN1CCn2c1nc(-c1ccncc1)cc2=O)c1ccc(-c2ccccc2)cc1. The fraction of sp³-hybridized carbons (Fsp3) is 0.120. The molecule has 6 nitrogen and oxygen atoms in total. The average molecular weight is 408 g/mol. The van der Waals surface area contributed by atoms with Crippen LogP contribution in [0.25, 0.3) is 22.4 Å². The van der Waals surface area contributed by atoms with Crippen LogP contribution < -0.4 is 10.5 Å². The van der Waals surface area contributed by atoms with E-state index in [1.54, 1.807) is 17.0 Å². The third-order valence-electron chi connectivity index (χ3n) is 5.49. The second-order valence-corrected chi connectivity index (χ2v) is 7.46. The van der Waals surface area contributed by atoms with E-state index in [1.807, 2.05) is 71.6 Å². The molecule has 0 unspecified atom stereocenters. The number of hydrogen-bond acceptors (Lipinski definition) is 5. The number of fused-ring (bicyclic) bond motifs is 1. The van der Waals surface area contributed by atoms with E-state index in [0.29, 0.717) is 30.3 Å². The monoisotopic (exact) mass is 408 g/mol. The maximum atomic E-state index is 12.9. The molecule has 5 rings (SSSR count). The van der Waals surface area contributed by atoms with Gasteiger partial charge in [0.05, 0.1) is 12.2 Å². The summed E-state index contributed by atoms with van der Waals surface area (Å²) in [4.78, 5) is 36.1. The number of aromatic nitrogens is 3. The molecule has 31 heavy (non-hydrogen) atoms. The molecule has 0 fully saturated rings. The van der Waals surface area contributed by atoms with E-state index in [2.05, 4.69) is 9.97 Å². The molecular formula is C25H20N4O2. The Balaban J connectivity index is 1.38. The molecule has 3 heterocycles. The van der Waals surface area contributed by atoms with Crippen LogP contribution in [0, 0.1) is 0 Å². The topological polar surface area (TPSA) is 68.1 Å². The molecule has 1 aliphatic rings. The summed E-state index contributed by atoms with van der Waals surface area (Å²) in [6, 6.07) is 22.9. The Bertz CT molecular complexity index is 1280. The molecule has 0 N–H and O–H groups in total. The van der Waals surface area contributed by atoms with Gasteiger partial charge in [0, 0.05) is 42.7 Å². The van der Waals surface area contributed by atoms with Crippen molar-refractivity contribution >= 4 is 11.7 Å². The van der Waals surface area contributed by atoms with E-state index in [9.17, 15) is 9.59 Å². The standard InChI is InChI=1S/C25H20N4O2/c30-23(21-8-6-19(7-9-21)18-4-2-1-3-5-18)17-28-14-15-29-24(31)16-22(27-25(28)29)20-10-12-26-13-11-20/h1-13,16H,14-15,17H2. The largest absolute Gasteiger partial charge is 0.333 e. The highest BCUT2D eigenvalue weighted by molar-refractivity contribution is 5.99. The quantitative estimate of drug-likeness (QED) is 0.471. The molecule has 1 aliphatic heterocycles. The molecule has 0 saturated carbocycles. The summed E-state index contributed by atoms with van der Waals surface area (Å²) in [6.45, 7) is 1.28. The molecule has 0 radical (unpaired) electrons. The van der Waals surface area contributed by atoms with Crippen molar-refractivity contribution < 1.29 is 4.79 Å². The van der Waals surface area contributed by atoms with Crippen molar-refractivity contribution in [2.24, 2.45) is 0 Å². The minimum Gasteiger partial charge on any atom is -0.333 e. The number of rotatable bonds is 5. The van der Waals surface area contributed by atoms with E-state index >= 15 is 0 Å². The molecule has 0 saturated heterocycles. The van der Waals surface area contributed by atoms with Crippen LogP contribution in [0.4, 0.5) is 5.95 Å². The van der Waals surface area contributed by atoms with Crippen LogP contribution in [-0.4, -0.2) is 33.4 Å². The lowest BCUT2D eigenvalue weighted by Crippen LogP contribution is -2.29. The highest BCUT2D eigenvalue weighted by Gasteiger charge is 2.25. The second kappa shape index (κ2) is 7.99. The highest BCUT2D eigenvalue weighted by Crippen LogP contribution is 2.23. The minimum absolute atomic E-state index is 0.00313. The van der Waals surface area contributed by atoms with Gasteiger partial charge in [-0.3, -0.25) is 19.1 Å². The first kappa shape index (κ1) is 18.9. The predicted molar refractivity (Wildman–Crippen MR) is 120 cm³/mol. The van der Waals surface area contributed by atoms with Crippen LogP contribution in [-0.2, 0) is 6.54 Å². The number of ketones is 1. The average Bonchev–Trinajstić information content (AvgIpc) is 3.23. The predicted octanol–water partition coefficient (Wildman–Crippen LogP) is 3.68. The number of hydrogen-bond donors (Lipinski definition) is 0. The zero-order valence-corrected chi connectivity index (χ0v) is 16.8. The fourth-order valence-electron chi connectivity index (χ4n) is 3.83. The van der Waals surface area contributed by atoms with E-state index in [0.717, 1.165) is 16.7 Å². The van der Waals surface area contributed by atoms with E-state index in [4.69, 9.17) is 0 Å². The molecule has 2 aromatic heterocycles. The number of Topliss-reactive ketones (excluding diaryl/α,β-unsaturated/α-hetero) is 1. The van der Waals surface area contributed by atoms with Crippen molar-refractivity contribution in [1.82, 2.24) is 14.5 Å².